The van der Waals surface area contributed by atoms with Crippen LogP contribution in [0.2, 0.25) is 5.02 Å². The number of hydrogen-bond acceptors (Lipinski definition) is 6. The van der Waals surface area contributed by atoms with Gasteiger partial charge in [-0.1, -0.05) is 39.7 Å². The number of hydrazone groups is 1. The molecule has 0 amide bonds. The quantitative estimate of drug-likeness (QED) is 0.219. The maximum Gasteiger partial charge on any atom is 0.287 e. The molecule has 29 heavy (non-hydrogen) atoms. The van der Waals surface area contributed by atoms with Crippen molar-refractivity contribution >= 4 is 61.2 Å². The second kappa shape index (κ2) is 9.82. The SMILES string of the molecule is O=[N+]([O-])c1ccc(N/N=C\c2cc(Cl)c(OCc3ccc(Br)cc3)c(Br)c2)nc1. The highest BCUT2D eigenvalue weighted by Gasteiger charge is 2.09. The molecule has 0 aliphatic carbocycles. The number of benzene rings is 2. The van der Waals surface area contributed by atoms with Crippen molar-refractivity contribution in [1.82, 2.24) is 4.98 Å². The standard InChI is InChI=1S/C19H13Br2ClN4O3/c20-14-3-1-12(2-4-14)11-29-19-16(21)7-13(8-17(19)22)9-24-25-18-6-5-15(10-23-18)26(27)28/h1-10H,11H2,(H,23,25)/b24-9-. The topological polar surface area (TPSA) is 89.7 Å². The Morgan fingerprint density at radius 3 is 2.59 bits per heavy atom. The third-order valence-electron chi connectivity index (χ3n) is 3.67. The molecule has 0 fully saturated rings. The van der Waals surface area contributed by atoms with Gasteiger partial charge in [0.15, 0.2) is 5.75 Å². The Morgan fingerprint density at radius 2 is 1.97 bits per heavy atom. The van der Waals surface area contributed by atoms with Gasteiger partial charge in [0.05, 0.1) is 20.6 Å². The number of aromatic nitrogens is 1. The molecule has 3 aromatic rings. The van der Waals surface area contributed by atoms with E-state index >= 15 is 0 Å². The molecule has 1 aromatic heterocycles. The van der Waals surface area contributed by atoms with E-state index in [2.05, 4.69) is 47.4 Å². The Hall–Kier alpha value is -2.49. The van der Waals surface area contributed by atoms with Crippen molar-refractivity contribution in [3.05, 3.63) is 89.9 Å². The predicted octanol–water partition coefficient (Wildman–Crippen LogP) is 6.19. The van der Waals surface area contributed by atoms with E-state index in [4.69, 9.17) is 16.3 Å². The highest BCUT2D eigenvalue weighted by molar-refractivity contribution is 9.10. The van der Waals surface area contributed by atoms with Crippen LogP contribution in [0.5, 0.6) is 5.75 Å². The van der Waals surface area contributed by atoms with Crippen molar-refractivity contribution in [3.8, 4) is 5.75 Å². The zero-order valence-corrected chi connectivity index (χ0v) is 18.6. The minimum Gasteiger partial charge on any atom is -0.486 e. The van der Waals surface area contributed by atoms with E-state index in [0.717, 1.165) is 21.8 Å². The first kappa shape index (κ1) is 21.2. The predicted molar refractivity (Wildman–Crippen MR) is 120 cm³/mol. The lowest BCUT2D eigenvalue weighted by atomic mass is 10.2. The maximum absolute atomic E-state index is 10.6. The lowest BCUT2D eigenvalue weighted by Gasteiger charge is -2.11. The van der Waals surface area contributed by atoms with Crippen molar-refractivity contribution in [2.24, 2.45) is 5.10 Å². The van der Waals surface area contributed by atoms with Crippen molar-refractivity contribution < 1.29 is 9.66 Å². The van der Waals surface area contributed by atoms with Gasteiger partial charge in [0.25, 0.3) is 5.69 Å². The van der Waals surface area contributed by atoms with E-state index in [1.807, 2.05) is 30.3 Å². The van der Waals surface area contributed by atoms with Crippen LogP contribution in [-0.2, 0) is 6.61 Å². The van der Waals surface area contributed by atoms with E-state index in [0.29, 0.717) is 27.7 Å². The van der Waals surface area contributed by atoms with E-state index < -0.39 is 4.92 Å². The molecule has 3 rings (SSSR count). The number of ether oxygens (including phenoxy) is 1. The molecule has 0 bridgehead atoms. The molecule has 7 nitrogen and oxygen atoms in total. The fourth-order valence-corrected chi connectivity index (χ4v) is 3.51. The van der Waals surface area contributed by atoms with Gasteiger partial charge in [-0.3, -0.25) is 15.5 Å². The average Bonchev–Trinajstić information content (AvgIpc) is 2.69. The first-order valence-electron chi connectivity index (χ1n) is 8.18. The molecular weight excluding hydrogens is 527 g/mol. The zero-order valence-electron chi connectivity index (χ0n) is 14.7. The van der Waals surface area contributed by atoms with Crippen LogP contribution < -0.4 is 10.2 Å². The van der Waals surface area contributed by atoms with Gasteiger partial charge in [0.2, 0.25) is 0 Å². The van der Waals surface area contributed by atoms with Gasteiger partial charge in [-0.2, -0.15) is 5.10 Å². The Labute approximate surface area is 188 Å². The zero-order chi connectivity index (χ0) is 20.8. The smallest absolute Gasteiger partial charge is 0.287 e. The summed E-state index contributed by atoms with van der Waals surface area (Å²) in [7, 11) is 0. The Bertz CT molecular complexity index is 1020. The first-order valence-corrected chi connectivity index (χ1v) is 10.1. The summed E-state index contributed by atoms with van der Waals surface area (Å²) >= 11 is 13.2. The largest absolute Gasteiger partial charge is 0.486 e. The van der Waals surface area contributed by atoms with Gasteiger partial charge in [0, 0.05) is 10.5 Å². The highest BCUT2D eigenvalue weighted by atomic mass is 79.9. The number of nitro groups is 1. The third kappa shape index (κ3) is 5.99. The lowest BCUT2D eigenvalue weighted by Crippen LogP contribution is -1.98. The monoisotopic (exact) mass is 538 g/mol. The molecular formula is C19H13Br2ClN4O3. The summed E-state index contributed by atoms with van der Waals surface area (Å²) in [5.41, 5.74) is 4.36. The summed E-state index contributed by atoms with van der Waals surface area (Å²) in [6.45, 7) is 0.381. The molecule has 0 atom stereocenters. The summed E-state index contributed by atoms with van der Waals surface area (Å²) in [6, 6.07) is 14.2. The molecule has 0 aliphatic rings. The highest BCUT2D eigenvalue weighted by Crippen LogP contribution is 2.34. The number of halogens is 3. The lowest BCUT2D eigenvalue weighted by molar-refractivity contribution is -0.385. The fourth-order valence-electron chi connectivity index (χ4n) is 2.26. The number of pyridine rings is 1. The Morgan fingerprint density at radius 1 is 1.21 bits per heavy atom. The minimum absolute atomic E-state index is 0.0889. The first-order chi connectivity index (χ1) is 13.9. The Kier molecular flexibility index (Phi) is 7.18. The molecule has 10 heteroatoms. The van der Waals surface area contributed by atoms with Crippen LogP contribution in [-0.4, -0.2) is 16.1 Å². The summed E-state index contributed by atoms with van der Waals surface area (Å²) in [5.74, 6) is 0.920. The number of rotatable bonds is 7. The summed E-state index contributed by atoms with van der Waals surface area (Å²) in [4.78, 5) is 14.0. The summed E-state index contributed by atoms with van der Waals surface area (Å²) < 4.78 is 7.53. The van der Waals surface area contributed by atoms with E-state index in [9.17, 15) is 10.1 Å². The van der Waals surface area contributed by atoms with Crippen molar-refractivity contribution in [2.75, 3.05) is 5.43 Å². The van der Waals surface area contributed by atoms with Crippen LogP contribution in [0.4, 0.5) is 11.5 Å². The van der Waals surface area contributed by atoms with Gasteiger partial charge in [-0.15, -0.1) is 0 Å². The van der Waals surface area contributed by atoms with Gasteiger partial charge < -0.3 is 4.74 Å². The Balaban J connectivity index is 1.64. The van der Waals surface area contributed by atoms with Crippen molar-refractivity contribution in [3.63, 3.8) is 0 Å². The van der Waals surface area contributed by atoms with Crippen molar-refractivity contribution in [2.45, 2.75) is 6.61 Å². The molecule has 2 aromatic carbocycles. The molecule has 0 aliphatic heterocycles. The van der Waals surface area contributed by atoms with Gasteiger partial charge >= 0.3 is 0 Å². The summed E-state index contributed by atoms with van der Waals surface area (Å²) in [6.07, 6.45) is 2.71. The van der Waals surface area contributed by atoms with Crippen molar-refractivity contribution in [1.29, 1.82) is 0 Å². The number of anilines is 1. The van der Waals surface area contributed by atoms with Crippen LogP contribution in [0, 0.1) is 10.1 Å². The maximum atomic E-state index is 10.6. The molecule has 0 saturated carbocycles. The van der Waals surface area contributed by atoms with Gasteiger partial charge in [-0.05, 0) is 57.4 Å². The molecule has 0 spiro atoms. The average molecular weight is 541 g/mol. The van der Waals surface area contributed by atoms with E-state index in [-0.39, 0.29) is 5.69 Å². The number of hydrogen-bond donors (Lipinski definition) is 1. The molecule has 0 radical (unpaired) electrons. The fraction of sp³-hybridized carbons (Fsp3) is 0.0526. The van der Waals surface area contributed by atoms with E-state index in [1.54, 1.807) is 12.3 Å². The van der Waals surface area contributed by atoms with Gasteiger partial charge in [0.1, 0.15) is 18.6 Å². The molecule has 1 heterocycles. The number of nitrogens with zero attached hydrogens (tertiary/aromatic N) is 3. The normalized spacial score (nSPS) is 10.9. The van der Waals surface area contributed by atoms with Crippen LogP contribution >= 0.6 is 43.5 Å². The second-order valence-corrected chi connectivity index (χ2v) is 7.93. The van der Waals surface area contributed by atoms with Crippen LogP contribution in [0.15, 0.2) is 68.8 Å². The van der Waals surface area contributed by atoms with Gasteiger partial charge in [-0.25, -0.2) is 4.98 Å². The van der Waals surface area contributed by atoms with Crippen LogP contribution in [0.3, 0.4) is 0 Å². The molecule has 148 valence electrons. The molecule has 0 saturated heterocycles. The minimum atomic E-state index is -0.514. The second-order valence-electron chi connectivity index (χ2n) is 5.76. The third-order valence-corrected chi connectivity index (χ3v) is 5.07. The molecule has 1 N–H and O–H groups in total. The summed E-state index contributed by atoms with van der Waals surface area (Å²) in [5, 5.41) is 15.1. The number of nitrogens with one attached hydrogen (secondary N) is 1. The van der Waals surface area contributed by atoms with E-state index in [1.165, 1.54) is 12.1 Å². The van der Waals surface area contributed by atoms with Crippen LogP contribution in [0.1, 0.15) is 11.1 Å². The van der Waals surface area contributed by atoms with Crippen LogP contribution in [0.25, 0.3) is 0 Å². The molecule has 0 unspecified atom stereocenters.